The molecule has 2 rings (SSSR count). The topological polar surface area (TPSA) is 55.6 Å². The van der Waals surface area contributed by atoms with Gasteiger partial charge in [-0.05, 0) is 34.1 Å². The van der Waals surface area contributed by atoms with Crippen LogP contribution in [-0.2, 0) is 4.74 Å². The average molecular weight is 354 g/mol. The summed E-state index contributed by atoms with van der Waals surface area (Å²) in [6.45, 7) is 1.80. The third-order valence-corrected chi connectivity index (χ3v) is 3.50. The van der Waals surface area contributed by atoms with Crippen molar-refractivity contribution in [1.82, 2.24) is 4.90 Å². The minimum atomic E-state index is -0.440. The molecule has 19 heavy (non-hydrogen) atoms. The molecule has 0 bridgehead atoms. The lowest BCUT2D eigenvalue weighted by Crippen LogP contribution is -2.48. The fourth-order valence-electron chi connectivity index (χ4n) is 1.86. The van der Waals surface area contributed by atoms with Gasteiger partial charge in [0.2, 0.25) is 0 Å². The Morgan fingerprint density at radius 1 is 1.58 bits per heavy atom. The number of hydrogen-bond donors (Lipinski definition) is 1. The molecule has 106 valence electrons. The highest BCUT2D eigenvalue weighted by Gasteiger charge is 2.24. The number of hydrogen-bond acceptors (Lipinski definition) is 3. The van der Waals surface area contributed by atoms with Crippen LogP contribution in [0.25, 0.3) is 0 Å². The smallest absolute Gasteiger partial charge is 0.254 e. The van der Waals surface area contributed by atoms with E-state index in [0.717, 1.165) is 0 Å². The van der Waals surface area contributed by atoms with E-state index in [1.807, 2.05) is 0 Å². The molecule has 4 nitrogen and oxygen atoms in total. The summed E-state index contributed by atoms with van der Waals surface area (Å²) in [6, 6.07) is 4.37. The maximum absolute atomic E-state index is 13.4. The van der Waals surface area contributed by atoms with Gasteiger partial charge in [-0.25, -0.2) is 4.39 Å². The molecular formula is C12H15BrClFN2O2. The fourth-order valence-corrected chi connectivity index (χ4v) is 2.10. The summed E-state index contributed by atoms with van der Waals surface area (Å²) in [5.41, 5.74) is 5.86. The van der Waals surface area contributed by atoms with Crippen LogP contribution < -0.4 is 5.73 Å². The Hall–Kier alpha value is -0.690. The van der Waals surface area contributed by atoms with Crippen molar-refractivity contribution in [2.45, 2.75) is 6.10 Å². The largest absolute Gasteiger partial charge is 0.373 e. The van der Waals surface area contributed by atoms with Crippen LogP contribution in [0.15, 0.2) is 22.7 Å². The minimum Gasteiger partial charge on any atom is -0.373 e. The summed E-state index contributed by atoms with van der Waals surface area (Å²) in [5, 5.41) is 0. The van der Waals surface area contributed by atoms with Gasteiger partial charge in [-0.2, -0.15) is 0 Å². The Bertz CT molecular complexity index is 461. The molecule has 0 saturated carbocycles. The highest BCUT2D eigenvalue weighted by molar-refractivity contribution is 9.10. The first-order valence-corrected chi connectivity index (χ1v) is 6.47. The summed E-state index contributed by atoms with van der Waals surface area (Å²) in [6.07, 6.45) is -0.136. The second-order valence-corrected chi connectivity index (χ2v) is 4.96. The van der Waals surface area contributed by atoms with Gasteiger partial charge in [-0.3, -0.25) is 4.79 Å². The van der Waals surface area contributed by atoms with Crippen LogP contribution in [-0.4, -0.2) is 43.2 Å². The van der Waals surface area contributed by atoms with Crippen molar-refractivity contribution in [2.75, 3.05) is 26.2 Å². The Morgan fingerprint density at radius 3 is 2.95 bits per heavy atom. The van der Waals surface area contributed by atoms with Crippen LogP contribution in [0.1, 0.15) is 10.4 Å². The number of rotatable bonds is 2. The molecule has 0 radical (unpaired) electrons. The van der Waals surface area contributed by atoms with Crippen LogP contribution in [0.2, 0.25) is 0 Å². The molecule has 2 N–H and O–H groups in total. The first kappa shape index (κ1) is 16.4. The zero-order chi connectivity index (χ0) is 13.1. The van der Waals surface area contributed by atoms with Crippen molar-refractivity contribution in [3.05, 3.63) is 34.1 Å². The van der Waals surface area contributed by atoms with E-state index in [9.17, 15) is 9.18 Å². The third-order valence-electron chi connectivity index (χ3n) is 2.86. The Kier molecular flexibility index (Phi) is 6.19. The van der Waals surface area contributed by atoms with Crippen LogP contribution in [0.3, 0.4) is 0 Å². The van der Waals surface area contributed by atoms with Crippen molar-refractivity contribution in [1.29, 1.82) is 0 Å². The maximum atomic E-state index is 13.4. The number of benzene rings is 1. The lowest BCUT2D eigenvalue weighted by Gasteiger charge is -2.32. The van der Waals surface area contributed by atoms with Crippen LogP contribution >= 0.6 is 28.3 Å². The molecule has 1 aliphatic heterocycles. The molecule has 1 fully saturated rings. The molecule has 1 heterocycles. The summed E-state index contributed by atoms with van der Waals surface area (Å²) in [4.78, 5) is 13.8. The highest BCUT2D eigenvalue weighted by Crippen LogP contribution is 2.18. The zero-order valence-corrected chi connectivity index (χ0v) is 12.5. The van der Waals surface area contributed by atoms with Crippen molar-refractivity contribution >= 4 is 34.2 Å². The lowest BCUT2D eigenvalue weighted by atomic mass is 10.1. The number of nitrogens with zero attached hydrogens (tertiary/aromatic N) is 1. The quantitative estimate of drug-likeness (QED) is 0.882. The summed E-state index contributed by atoms with van der Waals surface area (Å²) in [7, 11) is 0. The molecule has 0 aromatic heterocycles. The van der Waals surface area contributed by atoms with E-state index in [0.29, 0.717) is 36.3 Å². The normalized spacial score (nSPS) is 18.9. The zero-order valence-electron chi connectivity index (χ0n) is 10.1. The number of carbonyl (C=O) groups is 1. The Morgan fingerprint density at radius 2 is 2.32 bits per heavy atom. The van der Waals surface area contributed by atoms with E-state index < -0.39 is 5.82 Å². The number of ether oxygens (including phenoxy) is 1. The molecule has 1 unspecified atom stereocenters. The van der Waals surface area contributed by atoms with Crippen LogP contribution in [0.4, 0.5) is 4.39 Å². The van der Waals surface area contributed by atoms with E-state index in [1.165, 1.54) is 12.1 Å². The highest BCUT2D eigenvalue weighted by atomic mass is 79.9. The summed E-state index contributed by atoms with van der Waals surface area (Å²) in [5.74, 6) is -0.632. The predicted octanol–water partition coefficient (Wildman–Crippen LogP) is 1.81. The second-order valence-electron chi connectivity index (χ2n) is 4.11. The fraction of sp³-hybridized carbons (Fsp3) is 0.417. The lowest BCUT2D eigenvalue weighted by molar-refractivity contribution is -0.0167. The molecule has 7 heteroatoms. The molecule has 1 aromatic carbocycles. The van der Waals surface area contributed by atoms with E-state index in [-0.39, 0.29) is 24.4 Å². The number of carbonyl (C=O) groups excluding carboxylic acids is 1. The molecule has 0 spiro atoms. The van der Waals surface area contributed by atoms with Crippen molar-refractivity contribution in [3.63, 3.8) is 0 Å². The van der Waals surface area contributed by atoms with Crippen molar-refractivity contribution < 1.29 is 13.9 Å². The molecule has 1 saturated heterocycles. The summed E-state index contributed by atoms with van der Waals surface area (Å²) >= 11 is 3.06. The Labute approximate surface area is 125 Å². The van der Waals surface area contributed by atoms with Gasteiger partial charge in [0.15, 0.2) is 0 Å². The van der Waals surface area contributed by atoms with Gasteiger partial charge in [-0.15, -0.1) is 12.4 Å². The SMILES string of the molecule is Cl.NCC1CN(C(=O)c2ccc(Br)c(F)c2)CCO1. The van der Waals surface area contributed by atoms with Crippen molar-refractivity contribution in [3.8, 4) is 0 Å². The second kappa shape index (κ2) is 7.19. The van der Waals surface area contributed by atoms with E-state index in [4.69, 9.17) is 10.5 Å². The van der Waals surface area contributed by atoms with Gasteiger partial charge >= 0.3 is 0 Å². The summed E-state index contributed by atoms with van der Waals surface area (Å²) < 4.78 is 19.1. The predicted molar refractivity (Wildman–Crippen MR) is 76.0 cm³/mol. The molecule has 1 atom stereocenters. The monoisotopic (exact) mass is 352 g/mol. The molecule has 1 amide bonds. The van der Waals surface area contributed by atoms with Crippen molar-refractivity contribution in [2.24, 2.45) is 5.73 Å². The van der Waals surface area contributed by atoms with Crippen LogP contribution in [0.5, 0.6) is 0 Å². The van der Waals surface area contributed by atoms with E-state index >= 15 is 0 Å². The first-order valence-electron chi connectivity index (χ1n) is 5.68. The van der Waals surface area contributed by atoms with Gasteiger partial charge in [0.1, 0.15) is 5.82 Å². The Balaban J connectivity index is 0.00000180. The van der Waals surface area contributed by atoms with Gasteiger partial charge < -0.3 is 15.4 Å². The average Bonchev–Trinajstić information content (AvgIpc) is 2.41. The number of nitrogens with two attached hydrogens (primary N) is 1. The number of morpholine rings is 1. The molecule has 1 aliphatic rings. The van der Waals surface area contributed by atoms with Gasteiger partial charge in [-0.1, -0.05) is 0 Å². The molecular weight excluding hydrogens is 338 g/mol. The van der Waals surface area contributed by atoms with E-state index in [1.54, 1.807) is 11.0 Å². The molecule has 0 aliphatic carbocycles. The first-order chi connectivity index (χ1) is 8.61. The number of amides is 1. The molecule has 1 aromatic rings. The third kappa shape index (κ3) is 3.89. The van der Waals surface area contributed by atoms with Crippen LogP contribution in [0, 0.1) is 5.82 Å². The standard InChI is InChI=1S/C12H14BrFN2O2.ClH/c13-10-2-1-8(5-11(10)14)12(17)16-3-4-18-9(6-15)7-16;/h1-2,5,9H,3-4,6-7,15H2;1H. The van der Waals surface area contributed by atoms with Gasteiger partial charge in [0, 0.05) is 25.2 Å². The number of halogens is 3. The van der Waals surface area contributed by atoms with Gasteiger partial charge in [0.25, 0.3) is 5.91 Å². The maximum Gasteiger partial charge on any atom is 0.254 e. The minimum absolute atomic E-state index is 0. The van der Waals surface area contributed by atoms with Gasteiger partial charge in [0.05, 0.1) is 17.2 Å². The van der Waals surface area contributed by atoms with E-state index in [2.05, 4.69) is 15.9 Å².